The minimum absolute atomic E-state index is 0.0525. The largest absolute Gasteiger partial charge is 0.381 e. The van der Waals surface area contributed by atoms with Crippen molar-refractivity contribution in [2.75, 3.05) is 52.7 Å². The summed E-state index contributed by atoms with van der Waals surface area (Å²) >= 11 is 0. The van der Waals surface area contributed by atoms with E-state index in [0.29, 0.717) is 5.92 Å². The molecule has 0 aromatic carbocycles. The number of nitrogens with zero attached hydrogens (tertiary/aromatic N) is 1. The molecule has 1 unspecified atom stereocenters. The van der Waals surface area contributed by atoms with E-state index in [1.54, 1.807) is 0 Å². The van der Waals surface area contributed by atoms with Crippen LogP contribution in [-0.4, -0.2) is 64.2 Å². The predicted octanol–water partition coefficient (Wildman–Crippen LogP) is 3.11. The number of aliphatic imine (C=N–C) groups is 1. The van der Waals surface area contributed by atoms with Gasteiger partial charge in [0.1, 0.15) is 0 Å². The van der Waals surface area contributed by atoms with Crippen LogP contribution in [0, 0.1) is 5.92 Å². The molecule has 158 valence electrons. The van der Waals surface area contributed by atoms with Gasteiger partial charge in [0, 0.05) is 38.8 Å². The minimum Gasteiger partial charge on any atom is -0.381 e. The third kappa shape index (κ3) is 8.79. The van der Waals surface area contributed by atoms with Crippen molar-refractivity contribution in [3.05, 3.63) is 0 Å². The molecule has 2 N–H and O–H groups in total. The third-order valence-electron chi connectivity index (χ3n) is 5.38. The van der Waals surface area contributed by atoms with Crippen LogP contribution in [0.4, 0.5) is 0 Å². The van der Waals surface area contributed by atoms with E-state index >= 15 is 0 Å². The van der Waals surface area contributed by atoms with Gasteiger partial charge in [0.15, 0.2) is 5.96 Å². The Labute approximate surface area is 165 Å². The topological polar surface area (TPSA) is 64.1 Å². The second-order valence-electron chi connectivity index (χ2n) is 7.87. The van der Waals surface area contributed by atoms with E-state index in [-0.39, 0.29) is 5.60 Å². The monoisotopic (exact) mass is 383 g/mol. The van der Waals surface area contributed by atoms with E-state index in [9.17, 15) is 0 Å². The van der Waals surface area contributed by atoms with Crippen molar-refractivity contribution in [2.45, 2.75) is 70.8 Å². The average Bonchev–Trinajstić information content (AvgIpc) is 3.21. The maximum absolute atomic E-state index is 6.26. The zero-order valence-electron chi connectivity index (χ0n) is 17.6. The summed E-state index contributed by atoms with van der Waals surface area (Å²) in [7, 11) is 0. The van der Waals surface area contributed by atoms with Crippen molar-refractivity contribution >= 4 is 5.96 Å². The summed E-state index contributed by atoms with van der Waals surface area (Å²) < 4.78 is 17.4. The molecular formula is C21H41N3O3. The van der Waals surface area contributed by atoms with E-state index in [4.69, 9.17) is 19.2 Å². The van der Waals surface area contributed by atoms with Crippen LogP contribution in [0.25, 0.3) is 0 Å². The van der Waals surface area contributed by atoms with Gasteiger partial charge < -0.3 is 24.8 Å². The number of hydrogen-bond donors (Lipinski definition) is 2. The van der Waals surface area contributed by atoms with Gasteiger partial charge in [-0.05, 0) is 39.0 Å². The summed E-state index contributed by atoms with van der Waals surface area (Å²) in [5.74, 6) is 1.48. The van der Waals surface area contributed by atoms with Crippen LogP contribution >= 0.6 is 0 Å². The van der Waals surface area contributed by atoms with Gasteiger partial charge >= 0.3 is 0 Å². The second-order valence-corrected chi connectivity index (χ2v) is 7.87. The molecule has 1 aliphatic heterocycles. The zero-order chi connectivity index (χ0) is 19.2. The fourth-order valence-electron chi connectivity index (χ4n) is 3.77. The molecule has 0 bridgehead atoms. The van der Waals surface area contributed by atoms with Crippen molar-refractivity contribution in [2.24, 2.45) is 10.9 Å². The first kappa shape index (κ1) is 22.4. The number of hydrogen-bond acceptors (Lipinski definition) is 4. The molecular weight excluding hydrogens is 342 g/mol. The molecule has 1 atom stereocenters. The molecule has 0 spiro atoms. The Balaban J connectivity index is 1.69. The predicted molar refractivity (Wildman–Crippen MR) is 110 cm³/mol. The number of ether oxygens (including phenoxy) is 3. The van der Waals surface area contributed by atoms with E-state index in [0.717, 1.165) is 90.7 Å². The quantitative estimate of drug-likeness (QED) is 0.308. The number of rotatable bonds is 12. The highest BCUT2D eigenvalue weighted by Crippen LogP contribution is 2.32. The second kappa shape index (κ2) is 13.3. The highest BCUT2D eigenvalue weighted by Gasteiger charge is 2.32. The summed E-state index contributed by atoms with van der Waals surface area (Å²) in [5, 5.41) is 6.80. The van der Waals surface area contributed by atoms with Gasteiger partial charge in [0.25, 0.3) is 0 Å². The van der Waals surface area contributed by atoms with E-state index in [2.05, 4.69) is 24.5 Å². The first-order valence-electron chi connectivity index (χ1n) is 11.1. The lowest BCUT2D eigenvalue weighted by atomic mass is 9.84. The lowest BCUT2D eigenvalue weighted by molar-refractivity contribution is -0.0624. The van der Waals surface area contributed by atoms with E-state index in [1.807, 2.05) is 0 Å². The van der Waals surface area contributed by atoms with Gasteiger partial charge in [-0.1, -0.05) is 26.2 Å². The smallest absolute Gasteiger partial charge is 0.191 e. The first-order valence-corrected chi connectivity index (χ1v) is 11.1. The summed E-state index contributed by atoms with van der Waals surface area (Å²) in [6.07, 6.45) is 9.29. The van der Waals surface area contributed by atoms with Crippen LogP contribution in [0.5, 0.6) is 0 Å². The molecule has 0 radical (unpaired) electrons. The molecule has 0 amide bonds. The molecule has 0 aromatic heterocycles. The highest BCUT2D eigenvalue weighted by atomic mass is 16.5. The Morgan fingerprint density at radius 2 is 2.00 bits per heavy atom. The van der Waals surface area contributed by atoms with Crippen LogP contribution in [0.3, 0.4) is 0 Å². The standard InChI is InChI=1S/C21H41N3O3/c1-3-13-27-21(10-6-5-7-11-21)18-24-20(22-4-2)23-12-8-14-25-16-19-9-15-26-17-19/h19H,3-18H2,1-2H3,(H2,22,23,24). The molecule has 2 rings (SSSR count). The zero-order valence-corrected chi connectivity index (χ0v) is 17.6. The van der Waals surface area contributed by atoms with E-state index < -0.39 is 0 Å². The summed E-state index contributed by atoms with van der Waals surface area (Å²) in [6, 6.07) is 0. The van der Waals surface area contributed by atoms with Crippen LogP contribution in [0.1, 0.15) is 65.2 Å². The molecule has 1 saturated carbocycles. The first-order chi connectivity index (χ1) is 13.3. The van der Waals surface area contributed by atoms with Crippen molar-refractivity contribution < 1.29 is 14.2 Å². The van der Waals surface area contributed by atoms with Crippen LogP contribution < -0.4 is 10.6 Å². The fraction of sp³-hybridized carbons (Fsp3) is 0.952. The maximum atomic E-state index is 6.26. The van der Waals surface area contributed by atoms with Crippen LogP contribution in [-0.2, 0) is 14.2 Å². The summed E-state index contributed by atoms with van der Waals surface area (Å²) in [4.78, 5) is 4.86. The Kier molecular flexibility index (Phi) is 11.1. The third-order valence-corrected chi connectivity index (χ3v) is 5.38. The molecule has 1 heterocycles. The van der Waals surface area contributed by atoms with E-state index in [1.165, 1.54) is 19.3 Å². The fourth-order valence-corrected chi connectivity index (χ4v) is 3.77. The van der Waals surface area contributed by atoms with Crippen molar-refractivity contribution in [1.29, 1.82) is 0 Å². The minimum atomic E-state index is -0.0525. The average molecular weight is 384 g/mol. The number of nitrogens with one attached hydrogen (secondary N) is 2. The van der Waals surface area contributed by atoms with Gasteiger partial charge in [-0.3, -0.25) is 4.99 Å². The van der Waals surface area contributed by atoms with Gasteiger partial charge in [0.05, 0.1) is 25.4 Å². The van der Waals surface area contributed by atoms with Crippen LogP contribution in [0.15, 0.2) is 4.99 Å². The Bertz CT molecular complexity index is 405. The highest BCUT2D eigenvalue weighted by molar-refractivity contribution is 5.79. The molecule has 1 aliphatic carbocycles. The van der Waals surface area contributed by atoms with Crippen molar-refractivity contribution in [3.63, 3.8) is 0 Å². The molecule has 2 aliphatic rings. The van der Waals surface area contributed by atoms with Gasteiger partial charge in [-0.2, -0.15) is 0 Å². The molecule has 0 aromatic rings. The maximum Gasteiger partial charge on any atom is 0.191 e. The molecule has 6 heteroatoms. The Morgan fingerprint density at radius 3 is 2.70 bits per heavy atom. The van der Waals surface area contributed by atoms with Gasteiger partial charge in [-0.15, -0.1) is 0 Å². The lowest BCUT2D eigenvalue weighted by Crippen LogP contribution is -2.42. The Hall–Kier alpha value is -0.850. The van der Waals surface area contributed by atoms with Crippen LogP contribution in [0.2, 0.25) is 0 Å². The lowest BCUT2D eigenvalue weighted by Gasteiger charge is -2.36. The van der Waals surface area contributed by atoms with Crippen molar-refractivity contribution in [3.8, 4) is 0 Å². The Morgan fingerprint density at radius 1 is 1.15 bits per heavy atom. The summed E-state index contributed by atoms with van der Waals surface area (Å²) in [5.41, 5.74) is -0.0525. The van der Waals surface area contributed by atoms with Gasteiger partial charge in [0.2, 0.25) is 0 Å². The molecule has 1 saturated heterocycles. The normalized spacial score (nSPS) is 22.7. The van der Waals surface area contributed by atoms with Crippen molar-refractivity contribution in [1.82, 2.24) is 10.6 Å². The van der Waals surface area contributed by atoms with Gasteiger partial charge in [-0.25, -0.2) is 0 Å². The summed E-state index contributed by atoms with van der Waals surface area (Å²) in [6.45, 7) is 11.0. The molecule has 2 fully saturated rings. The molecule has 6 nitrogen and oxygen atoms in total. The number of guanidine groups is 1. The SMILES string of the molecule is CCCOC1(CN=C(NCC)NCCCOCC2CCOC2)CCCCC1. The molecule has 27 heavy (non-hydrogen) atoms.